The second kappa shape index (κ2) is 11.1. The molecule has 0 atom stereocenters. The third-order valence-corrected chi connectivity index (χ3v) is 5.34. The van der Waals surface area contributed by atoms with Gasteiger partial charge < -0.3 is 10.2 Å². The van der Waals surface area contributed by atoms with Gasteiger partial charge >= 0.3 is 0 Å². The molecule has 1 N–H and O–H groups in total. The quantitative estimate of drug-likeness (QED) is 0.468. The van der Waals surface area contributed by atoms with E-state index in [-0.39, 0.29) is 5.91 Å². The minimum Gasteiger partial charge on any atom is -0.357 e. The average molecular weight is 401 g/mol. The van der Waals surface area contributed by atoms with E-state index in [4.69, 9.17) is 4.98 Å². The molecule has 0 aliphatic rings. The molecule has 5 nitrogen and oxygen atoms in total. The molecule has 152 valence electrons. The summed E-state index contributed by atoms with van der Waals surface area (Å²) in [6.07, 6.45) is 0.885. The molecule has 2 rings (SSSR count). The number of amides is 1. The first-order valence-corrected chi connectivity index (χ1v) is 11.1. The first kappa shape index (κ1) is 22.2. The van der Waals surface area contributed by atoms with E-state index >= 15 is 0 Å². The van der Waals surface area contributed by atoms with Crippen molar-refractivity contribution >= 4 is 23.5 Å². The number of benzene rings is 1. The van der Waals surface area contributed by atoms with Crippen LogP contribution in [-0.4, -0.2) is 35.5 Å². The summed E-state index contributed by atoms with van der Waals surface area (Å²) < 4.78 is 0. The Morgan fingerprint density at radius 2 is 1.89 bits per heavy atom. The van der Waals surface area contributed by atoms with Crippen LogP contribution in [0.2, 0.25) is 0 Å². The summed E-state index contributed by atoms with van der Waals surface area (Å²) in [5.41, 5.74) is 2.85. The third-order valence-electron chi connectivity index (χ3n) is 4.42. The fourth-order valence-electron chi connectivity index (χ4n) is 2.76. The molecule has 0 radical (unpaired) electrons. The first-order chi connectivity index (χ1) is 13.5. The monoisotopic (exact) mass is 400 g/mol. The zero-order valence-electron chi connectivity index (χ0n) is 17.7. The Bertz CT molecular complexity index is 775. The molecule has 0 bridgehead atoms. The number of nitrogens with zero attached hydrogens (tertiary/aromatic N) is 3. The van der Waals surface area contributed by atoms with Gasteiger partial charge in [0.25, 0.3) is 5.91 Å². The van der Waals surface area contributed by atoms with Crippen molar-refractivity contribution in [2.45, 2.75) is 51.9 Å². The highest BCUT2D eigenvalue weighted by Gasteiger charge is 2.11. The molecule has 0 aliphatic carbocycles. The summed E-state index contributed by atoms with van der Waals surface area (Å²) >= 11 is 1.61. The number of anilines is 1. The molecule has 28 heavy (non-hydrogen) atoms. The van der Waals surface area contributed by atoms with Crippen LogP contribution in [0.5, 0.6) is 0 Å². The van der Waals surface area contributed by atoms with Crippen LogP contribution in [0.25, 0.3) is 0 Å². The van der Waals surface area contributed by atoms with Gasteiger partial charge in [0.15, 0.2) is 5.16 Å². The minimum atomic E-state index is -0.0198. The van der Waals surface area contributed by atoms with Crippen molar-refractivity contribution in [3.8, 4) is 0 Å². The van der Waals surface area contributed by atoms with E-state index in [0.29, 0.717) is 18.0 Å². The van der Waals surface area contributed by atoms with Crippen LogP contribution in [-0.2, 0) is 12.2 Å². The van der Waals surface area contributed by atoms with Crippen LogP contribution >= 0.6 is 11.8 Å². The molecule has 6 heteroatoms. The number of aryl methyl sites for hydroxylation is 1. The lowest BCUT2D eigenvalue weighted by Crippen LogP contribution is -2.27. The molecule has 0 saturated heterocycles. The summed E-state index contributed by atoms with van der Waals surface area (Å²) in [4.78, 5) is 24.0. The molecule has 0 unspecified atom stereocenters. The van der Waals surface area contributed by atoms with Crippen molar-refractivity contribution < 1.29 is 4.79 Å². The van der Waals surface area contributed by atoms with Gasteiger partial charge in [-0.3, -0.25) is 4.79 Å². The largest absolute Gasteiger partial charge is 0.357 e. The number of nitrogens with one attached hydrogen (secondary N) is 1. The standard InChI is InChI=1S/C22H32N4OS/c1-6-19-13-20(26(7-2)8-3)25-22(24-19)28-15-17-10-9-11-18(12-17)21(27)23-14-16(4)5/h9-13,16H,6-8,14-15H2,1-5H3,(H,23,27). The first-order valence-electron chi connectivity index (χ1n) is 10.1. The lowest BCUT2D eigenvalue weighted by atomic mass is 10.1. The number of rotatable bonds is 10. The maximum Gasteiger partial charge on any atom is 0.251 e. The minimum absolute atomic E-state index is 0.0198. The van der Waals surface area contributed by atoms with E-state index in [1.54, 1.807) is 11.8 Å². The maximum atomic E-state index is 12.3. The predicted molar refractivity (Wildman–Crippen MR) is 118 cm³/mol. The lowest BCUT2D eigenvalue weighted by Gasteiger charge is -2.20. The number of thioether (sulfide) groups is 1. The van der Waals surface area contributed by atoms with Crippen LogP contribution in [0.15, 0.2) is 35.5 Å². The Hall–Kier alpha value is -2.08. The summed E-state index contributed by atoms with van der Waals surface area (Å²) in [5.74, 6) is 2.14. The Morgan fingerprint density at radius 3 is 2.54 bits per heavy atom. The van der Waals surface area contributed by atoms with Crippen molar-refractivity contribution in [3.05, 3.63) is 47.2 Å². The van der Waals surface area contributed by atoms with Gasteiger partial charge in [0.05, 0.1) is 0 Å². The van der Waals surface area contributed by atoms with E-state index in [2.05, 4.69) is 55.9 Å². The number of hydrogen-bond acceptors (Lipinski definition) is 5. The van der Waals surface area contributed by atoms with E-state index < -0.39 is 0 Å². The lowest BCUT2D eigenvalue weighted by molar-refractivity contribution is 0.0949. The zero-order valence-corrected chi connectivity index (χ0v) is 18.5. The fraction of sp³-hybridized carbons (Fsp3) is 0.500. The van der Waals surface area contributed by atoms with Gasteiger partial charge in [-0.2, -0.15) is 0 Å². The van der Waals surface area contributed by atoms with E-state index in [1.807, 2.05) is 24.3 Å². The summed E-state index contributed by atoms with van der Waals surface area (Å²) in [5, 5.41) is 3.76. The SMILES string of the molecule is CCc1cc(N(CC)CC)nc(SCc2cccc(C(=O)NCC(C)C)c2)n1. The van der Waals surface area contributed by atoms with Crippen molar-refractivity contribution in [3.63, 3.8) is 0 Å². The molecular formula is C22H32N4OS. The second-order valence-electron chi connectivity index (χ2n) is 7.12. The van der Waals surface area contributed by atoms with Crippen LogP contribution < -0.4 is 10.2 Å². The van der Waals surface area contributed by atoms with Gasteiger partial charge in [0.1, 0.15) is 5.82 Å². The van der Waals surface area contributed by atoms with Gasteiger partial charge in [-0.05, 0) is 43.9 Å². The van der Waals surface area contributed by atoms with Crippen molar-refractivity contribution in [2.75, 3.05) is 24.5 Å². The number of carbonyl (C=O) groups excluding carboxylic acids is 1. The summed E-state index contributed by atoms with van der Waals surface area (Å²) in [6.45, 7) is 13.1. The van der Waals surface area contributed by atoms with Crippen LogP contribution in [0, 0.1) is 5.92 Å². The van der Waals surface area contributed by atoms with Gasteiger partial charge in [-0.25, -0.2) is 9.97 Å². The van der Waals surface area contributed by atoms with E-state index in [1.165, 1.54) is 0 Å². The Labute approximate surface area is 173 Å². The summed E-state index contributed by atoms with van der Waals surface area (Å²) in [7, 11) is 0. The average Bonchev–Trinajstić information content (AvgIpc) is 2.71. The van der Waals surface area contributed by atoms with Crippen LogP contribution in [0.4, 0.5) is 5.82 Å². The Balaban J connectivity index is 2.10. The molecule has 1 aromatic heterocycles. The smallest absolute Gasteiger partial charge is 0.251 e. The van der Waals surface area contributed by atoms with Gasteiger partial charge in [0.2, 0.25) is 0 Å². The predicted octanol–water partition coefficient (Wildman–Crippen LogP) is 4.56. The number of carbonyl (C=O) groups is 1. The van der Waals surface area contributed by atoms with Crippen molar-refractivity contribution in [1.29, 1.82) is 0 Å². The van der Waals surface area contributed by atoms with Gasteiger partial charge in [-0.1, -0.05) is 44.7 Å². The molecule has 1 aromatic carbocycles. The Kier molecular flexibility index (Phi) is 8.77. The fourth-order valence-corrected chi connectivity index (χ4v) is 3.58. The highest BCUT2D eigenvalue weighted by atomic mass is 32.2. The molecular weight excluding hydrogens is 368 g/mol. The molecule has 0 aliphatic heterocycles. The maximum absolute atomic E-state index is 12.3. The number of hydrogen-bond donors (Lipinski definition) is 1. The highest BCUT2D eigenvalue weighted by molar-refractivity contribution is 7.98. The zero-order chi connectivity index (χ0) is 20.5. The number of aromatic nitrogens is 2. The highest BCUT2D eigenvalue weighted by Crippen LogP contribution is 2.23. The van der Waals surface area contributed by atoms with Crippen LogP contribution in [0.3, 0.4) is 0 Å². The normalized spacial score (nSPS) is 10.9. The molecule has 0 spiro atoms. The second-order valence-corrected chi connectivity index (χ2v) is 8.06. The molecule has 2 aromatic rings. The van der Waals surface area contributed by atoms with Crippen LogP contribution in [0.1, 0.15) is 56.2 Å². The van der Waals surface area contributed by atoms with Crippen molar-refractivity contribution in [2.24, 2.45) is 5.92 Å². The van der Waals surface area contributed by atoms with Gasteiger partial charge in [0, 0.05) is 42.7 Å². The van der Waals surface area contributed by atoms with E-state index in [0.717, 1.165) is 47.5 Å². The molecule has 1 heterocycles. The van der Waals surface area contributed by atoms with Crippen molar-refractivity contribution in [1.82, 2.24) is 15.3 Å². The summed E-state index contributed by atoms with van der Waals surface area (Å²) in [6, 6.07) is 9.87. The topological polar surface area (TPSA) is 58.1 Å². The molecule has 0 saturated carbocycles. The van der Waals surface area contributed by atoms with Gasteiger partial charge in [-0.15, -0.1) is 0 Å². The molecule has 1 amide bonds. The molecule has 0 fully saturated rings. The Morgan fingerprint density at radius 1 is 1.14 bits per heavy atom. The van der Waals surface area contributed by atoms with E-state index in [9.17, 15) is 4.79 Å². The third kappa shape index (κ3) is 6.51.